The molecule has 0 fully saturated rings. The third-order valence-electron chi connectivity index (χ3n) is 2.27. The van der Waals surface area contributed by atoms with Crippen molar-refractivity contribution < 1.29 is 4.74 Å². The van der Waals surface area contributed by atoms with Gasteiger partial charge in [-0.05, 0) is 0 Å². The minimum Gasteiger partial charge on any atom is -0.472 e. The van der Waals surface area contributed by atoms with Crippen LogP contribution in [0.1, 0.15) is 6.42 Å². The molecule has 2 heterocycles. The van der Waals surface area contributed by atoms with Crippen molar-refractivity contribution in [2.24, 2.45) is 0 Å². The molecule has 0 aliphatic rings. The molecular weight excluding hydrogens is 234 g/mol. The lowest BCUT2D eigenvalue weighted by Crippen LogP contribution is -2.14. The van der Waals surface area contributed by atoms with Gasteiger partial charge in [-0.2, -0.15) is 10.2 Å². The van der Waals surface area contributed by atoms with E-state index in [-0.39, 0.29) is 12.5 Å². The fraction of sp³-hybridized carbons (Fsp3) is 0.273. The first-order valence-electron chi connectivity index (χ1n) is 5.32. The summed E-state index contributed by atoms with van der Waals surface area (Å²) in [6.45, 7) is 4.22. The lowest BCUT2D eigenvalue weighted by molar-refractivity contribution is 0.351. The predicted molar refractivity (Wildman–Crippen MR) is 64.1 cm³/mol. The van der Waals surface area contributed by atoms with Crippen molar-refractivity contribution in [1.29, 1.82) is 5.26 Å². The maximum Gasteiger partial charge on any atom is 0.349 e. The Labute approximate surface area is 102 Å². The Morgan fingerprint density at radius 1 is 1.67 bits per heavy atom. The quantitative estimate of drug-likeness (QED) is 0.778. The molecule has 1 N–H and O–H groups in total. The minimum absolute atomic E-state index is 0.171. The summed E-state index contributed by atoms with van der Waals surface area (Å²) in [5.74, 6) is 0.171. The van der Waals surface area contributed by atoms with E-state index in [0.29, 0.717) is 24.1 Å². The van der Waals surface area contributed by atoms with Crippen molar-refractivity contribution in [3.63, 3.8) is 0 Å². The molecule has 0 atom stereocenters. The van der Waals surface area contributed by atoms with Crippen LogP contribution in [0.15, 0.2) is 23.8 Å². The summed E-state index contributed by atoms with van der Waals surface area (Å²) in [7, 11) is 0. The Hall–Kier alpha value is -2.62. The monoisotopic (exact) mass is 245 g/mol. The first-order valence-corrected chi connectivity index (χ1v) is 5.32. The largest absolute Gasteiger partial charge is 0.472 e. The number of fused-ring (bicyclic) bond motifs is 1. The number of nitrogens with zero attached hydrogens (tertiary/aromatic N) is 4. The molecule has 92 valence electrons. The Kier molecular flexibility index (Phi) is 3.38. The predicted octanol–water partition coefficient (Wildman–Crippen LogP) is 0.598. The molecule has 0 aromatic carbocycles. The molecule has 2 rings (SSSR count). The Morgan fingerprint density at radius 2 is 2.50 bits per heavy atom. The second-order valence-electron chi connectivity index (χ2n) is 3.49. The van der Waals surface area contributed by atoms with Crippen molar-refractivity contribution in [3.05, 3.63) is 29.5 Å². The lowest BCUT2D eigenvalue weighted by Gasteiger charge is -2.03. The van der Waals surface area contributed by atoms with Crippen LogP contribution in [0.25, 0.3) is 11.2 Å². The smallest absolute Gasteiger partial charge is 0.349 e. The maximum atomic E-state index is 11.4. The summed E-state index contributed by atoms with van der Waals surface area (Å²) in [6.07, 6.45) is 3.43. The van der Waals surface area contributed by atoms with E-state index in [1.54, 1.807) is 17.0 Å². The van der Waals surface area contributed by atoms with Crippen LogP contribution in [0.4, 0.5) is 0 Å². The molecule has 18 heavy (non-hydrogen) atoms. The zero-order valence-corrected chi connectivity index (χ0v) is 9.59. The molecule has 0 bridgehead atoms. The van der Waals surface area contributed by atoms with Gasteiger partial charge in [0.2, 0.25) is 5.88 Å². The third-order valence-corrected chi connectivity index (χ3v) is 2.27. The number of nitriles is 1. The number of aryl methyl sites for hydroxylation is 1. The number of aromatic amines is 1. The van der Waals surface area contributed by atoms with Gasteiger partial charge >= 0.3 is 5.69 Å². The fourth-order valence-electron chi connectivity index (χ4n) is 1.52. The highest BCUT2D eigenvalue weighted by Crippen LogP contribution is 2.18. The van der Waals surface area contributed by atoms with Gasteiger partial charge in [0.15, 0.2) is 5.52 Å². The van der Waals surface area contributed by atoms with Gasteiger partial charge in [-0.1, -0.05) is 12.7 Å². The number of nitrogens with one attached hydrogen (secondary N) is 1. The van der Waals surface area contributed by atoms with Gasteiger partial charge in [0.05, 0.1) is 18.8 Å². The zero-order valence-electron chi connectivity index (χ0n) is 9.59. The molecule has 0 unspecified atom stereocenters. The van der Waals surface area contributed by atoms with Crippen LogP contribution < -0.4 is 10.4 Å². The average Bonchev–Trinajstić information content (AvgIpc) is 2.76. The second-order valence-corrected chi connectivity index (χ2v) is 3.49. The van der Waals surface area contributed by atoms with E-state index in [9.17, 15) is 4.79 Å². The second kappa shape index (κ2) is 5.14. The zero-order chi connectivity index (χ0) is 13.0. The Morgan fingerprint density at radius 3 is 3.22 bits per heavy atom. The van der Waals surface area contributed by atoms with Crippen LogP contribution >= 0.6 is 0 Å². The van der Waals surface area contributed by atoms with Crippen LogP contribution in [0.5, 0.6) is 5.88 Å². The summed E-state index contributed by atoms with van der Waals surface area (Å²) >= 11 is 0. The minimum atomic E-state index is -0.514. The van der Waals surface area contributed by atoms with E-state index in [2.05, 4.69) is 21.5 Å². The average molecular weight is 245 g/mol. The van der Waals surface area contributed by atoms with Crippen molar-refractivity contribution in [3.8, 4) is 11.9 Å². The Balaban J connectivity index is 2.47. The van der Waals surface area contributed by atoms with Gasteiger partial charge in [-0.3, -0.25) is 4.98 Å². The van der Waals surface area contributed by atoms with Gasteiger partial charge in [0.25, 0.3) is 0 Å². The number of hydrogen-bond donors (Lipinski definition) is 1. The number of rotatable bonds is 5. The highest BCUT2D eigenvalue weighted by Gasteiger charge is 2.11. The molecule has 0 aliphatic carbocycles. The van der Waals surface area contributed by atoms with Gasteiger partial charge in [0.1, 0.15) is 12.3 Å². The third kappa shape index (κ3) is 2.22. The van der Waals surface area contributed by atoms with Gasteiger partial charge in [-0.25, -0.2) is 9.78 Å². The molecule has 7 nitrogen and oxygen atoms in total. The molecule has 0 amide bonds. The number of H-pyrrole nitrogens is 1. The molecule has 2 aromatic heterocycles. The van der Waals surface area contributed by atoms with E-state index in [4.69, 9.17) is 10.00 Å². The fourth-order valence-corrected chi connectivity index (χ4v) is 1.52. The molecule has 0 aliphatic heterocycles. The van der Waals surface area contributed by atoms with Crippen LogP contribution in [-0.4, -0.2) is 26.1 Å². The summed E-state index contributed by atoms with van der Waals surface area (Å²) in [5, 5.41) is 8.56. The first-order chi connectivity index (χ1) is 8.76. The molecular formula is C11H11N5O2. The van der Waals surface area contributed by atoms with Gasteiger partial charge < -0.3 is 9.30 Å². The van der Waals surface area contributed by atoms with Crippen LogP contribution in [-0.2, 0) is 6.54 Å². The van der Waals surface area contributed by atoms with E-state index in [1.807, 2.05) is 6.07 Å². The summed E-state index contributed by atoms with van der Waals surface area (Å²) < 4.78 is 6.96. The van der Waals surface area contributed by atoms with Crippen molar-refractivity contribution in [1.82, 2.24) is 19.5 Å². The van der Waals surface area contributed by atoms with Gasteiger partial charge in [0, 0.05) is 6.54 Å². The number of ether oxygens (including phenoxy) is 1. The number of hydrogen-bond acceptors (Lipinski definition) is 5. The van der Waals surface area contributed by atoms with E-state index in [1.165, 1.54) is 0 Å². The van der Waals surface area contributed by atoms with Crippen molar-refractivity contribution in [2.75, 3.05) is 6.61 Å². The molecule has 2 aromatic rings. The summed E-state index contributed by atoms with van der Waals surface area (Å²) in [5.41, 5.74) is 0.457. The lowest BCUT2D eigenvalue weighted by atomic mass is 10.4. The SMILES string of the molecule is C=CCOc1nc(=O)[nH]c2c1ncn2CCC#N. The molecule has 7 heteroatoms. The van der Waals surface area contributed by atoms with Crippen LogP contribution in [0, 0.1) is 11.3 Å². The molecule has 0 saturated carbocycles. The van der Waals surface area contributed by atoms with Crippen molar-refractivity contribution >= 4 is 11.2 Å². The van der Waals surface area contributed by atoms with Crippen molar-refractivity contribution in [2.45, 2.75) is 13.0 Å². The number of imidazole rings is 1. The highest BCUT2D eigenvalue weighted by atomic mass is 16.5. The van der Waals surface area contributed by atoms with E-state index in [0.717, 1.165) is 0 Å². The molecule has 0 radical (unpaired) electrons. The van der Waals surface area contributed by atoms with Crippen LogP contribution in [0.3, 0.4) is 0 Å². The molecule has 0 saturated heterocycles. The summed E-state index contributed by atoms with van der Waals surface area (Å²) in [6, 6.07) is 2.03. The highest BCUT2D eigenvalue weighted by molar-refractivity contribution is 5.75. The molecule has 0 spiro atoms. The first kappa shape index (κ1) is 11.9. The topological polar surface area (TPSA) is 96.6 Å². The Bertz CT molecular complexity index is 664. The van der Waals surface area contributed by atoms with Crippen LogP contribution in [0.2, 0.25) is 0 Å². The van der Waals surface area contributed by atoms with Gasteiger partial charge in [-0.15, -0.1) is 0 Å². The van der Waals surface area contributed by atoms with E-state index >= 15 is 0 Å². The standard InChI is InChI=1S/C11H11N5O2/c1-2-6-18-10-8-9(14-11(17)15-10)16(7-13-8)5-3-4-12/h2,7H,1,3,5-6H2,(H,14,15,17). The van der Waals surface area contributed by atoms with E-state index < -0.39 is 5.69 Å². The normalized spacial score (nSPS) is 10.2. The summed E-state index contributed by atoms with van der Waals surface area (Å²) in [4.78, 5) is 21.8. The number of aromatic nitrogens is 4. The maximum absolute atomic E-state index is 11.4.